The number of hydrogen-bond acceptors (Lipinski definition) is 6. The molecular weight excluding hydrogens is 403 g/mol. The third kappa shape index (κ3) is 4.71. The molecule has 3 aromatic rings. The van der Waals surface area contributed by atoms with E-state index in [9.17, 15) is 9.50 Å². The van der Waals surface area contributed by atoms with Crippen molar-refractivity contribution in [2.24, 2.45) is 0 Å². The Bertz CT molecular complexity index is 992. The summed E-state index contributed by atoms with van der Waals surface area (Å²) in [6, 6.07) is 11.0. The highest BCUT2D eigenvalue weighted by Crippen LogP contribution is 2.34. The first kappa shape index (κ1) is 19.9. The fraction of sp³-hybridized carbons (Fsp3) is 0.158. The summed E-state index contributed by atoms with van der Waals surface area (Å²) in [6.45, 7) is 3.81. The fourth-order valence-electron chi connectivity index (χ4n) is 2.38. The van der Waals surface area contributed by atoms with Crippen LogP contribution in [0.5, 0.6) is 17.4 Å². The smallest absolute Gasteiger partial charge is 0.236 e. The van der Waals surface area contributed by atoms with Crippen LogP contribution in [0.25, 0.3) is 0 Å². The number of nitrogens with one attached hydrogen (secondary N) is 3. The van der Waals surface area contributed by atoms with Gasteiger partial charge in [-0.25, -0.2) is 4.39 Å². The normalized spacial score (nSPS) is 10.8. The molecule has 0 spiro atoms. The standard InChI is InChI=1S/C19H18ClFN4O2S/c1-10(2)23-17(22)16-18(26)25-28-19(16)24-12-4-6-13(7-5-12)27-15-8-3-11(21)9-14(15)20/h3-10,24H,1-2H3,(H2,22,23)(H,25,26). The fourth-order valence-corrected chi connectivity index (χ4v) is 3.30. The van der Waals surface area contributed by atoms with E-state index < -0.39 is 5.82 Å². The number of rotatable bonds is 6. The molecule has 146 valence electrons. The average molecular weight is 421 g/mol. The Morgan fingerprint density at radius 2 is 1.96 bits per heavy atom. The van der Waals surface area contributed by atoms with Gasteiger partial charge in [-0.2, -0.15) is 4.37 Å². The van der Waals surface area contributed by atoms with E-state index in [-0.39, 0.29) is 22.8 Å². The summed E-state index contributed by atoms with van der Waals surface area (Å²) >= 11 is 7.03. The van der Waals surface area contributed by atoms with Crippen molar-refractivity contribution in [3.63, 3.8) is 0 Å². The van der Waals surface area contributed by atoms with Crippen molar-refractivity contribution >= 4 is 39.7 Å². The van der Waals surface area contributed by atoms with E-state index in [0.717, 1.165) is 17.2 Å². The number of ether oxygens (including phenoxy) is 1. The molecule has 4 N–H and O–H groups in total. The largest absolute Gasteiger partial charge is 0.492 e. The Morgan fingerprint density at radius 3 is 2.61 bits per heavy atom. The molecule has 0 amide bonds. The van der Waals surface area contributed by atoms with Crippen LogP contribution in [0.2, 0.25) is 5.02 Å². The third-order valence-electron chi connectivity index (χ3n) is 3.59. The predicted molar refractivity (Wildman–Crippen MR) is 110 cm³/mol. The number of nitrogens with zero attached hydrogens (tertiary/aromatic N) is 1. The molecule has 0 radical (unpaired) electrons. The second-order valence-electron chi connectivity index (χ2n) is 6.21. The summed E-state index contributed by atoms with van der Waals surface area (Å²) in [6.07, 6.45) is 0. The van der Waals surface area contributed by atoms with Gasteiger partial charge in [-0.15, -0.1) is 0 Å². The molecule has 0 unspecified atom stereocenters. The highest BCUT2D eigenvalue weighted by atomic mass is 35.5. The Labute approximate surface area is 170 Å². The minimum absolute atomic E-state index is 0.0503. The highest BCUT2D eigenvalue weighted by Gasteiger charge is 2.18. The molecule has 28 heavy (non-hydrogen) atoms. The van der Waals surface area contributed by atoms with Crippen LogP contribution in [0.4, 0.5) is 15.1 Å². The quantitative estimate of drug-likeness (QED) is 0.312. The third-order valence-corrected chi connectivity index (χ3v) is 4.64. The topological polar surface area (TPSA) is 90.3 Å². The lowest BCUT2D eigenvalue weighted by molar-refractivity contribution is 0.458. The van der Waals surface area contributed by atoms with Gasteiger partial charge >= 0.3 is 0 Å². The van der Waals surface area contributed by atoms with Crippen molar-refractivity contribution in [3.8, 4) is 17.4 Å². The van der Waals surface area contributed by atoms with Gasteiger partial charge < -0.3 is 20.5 Å². The minimum Gasteiger partial charge on any atom is -0.492 e. The average Bonchev–Trinajstić information content (AvgIpc) is 2.99. The number of benzene rings is 2. The molecule has 0 saturated carbocycles. The van der Waals surface area contributed by atoms with E-state index in [1.165, 1.54) is 18.2 Å². The molecule has 0 aliphatic heterocycles. The van der Waals surface area contributed by atoms with Crippen molar-refractivity contribution in [1.82, 2.24) is 9.69 Å². The molecule has 0 aliphatic rings. The zero-order valence-electron chi connectivity index (χ0n) is 15.1. The van der Waals surface area contributed by atoms with Gasteiger partial charge in [-0.3, -0.25) is 5.41 Å². The van der Waals surface area contributed by atoms with Crippen LogP contribution in [0.3, 0.4) is 0 Å². The monoisotopic (exact) mass is 420 g/mol. The number of amidine groups is 1. The Kier molecular flexibility index (Phi) is 6.01. The van der Waals surface area contributed by atoms with Crippen molar-refractivity contribution in [2.75, 3.05) is 5.32 Å². The van der Waals surface area contributed by atoms with Crippen LogP contribution < -0.4 is 15.4 Å². The van der Waals surface area contributed by atoms with Crippen LogP contribution in [0.1, 0.15) is 19.4 Å². The van der Waals surface area contributed by atoms with Gasteiger partial charge in [0, 0.05) is 11.7 Å². The summed E-state index contributed by atoms with van der Waals surface area (Å²) in [5.74, 6) is 0.344. The van der Waals surface area contributed by atoms with Gasteiger partial charge in [0.25, 0.3) is 0 Å². The van der Waals surface area contributed by atoms with Gasteiger partial charge in [-0.1, -0.05) is 11.6 Å². The molecule has 6 nitrogen and oxygen atoms in total. The maximum atomic E-state index is 13.1. The first-order chi connectivity index (χ1) is 13.3. The van der Waals surface area contributed by atoms with Gasteiger partial charge in [0.1, 0.15) is 33.7 Å². The van der Waals surface area contributed by atoms with Gasteiger partial charge in [0.2, 0.25) is 5.88 Å². The molecule has 3 rings (SSSR count). The van der Waals surface area contributed by atoms with Crippen molar-refractivity contribution in [3.05, 3.63) is 58.9 Å². The molecule has 0 bridgehead atoms. The SMILES string of the molecule is CC(C)NC(=N)c1c(O)nsc1Nc1ccc(Oc2ccc(F)cc2Cl)cc1. The summed E-state index contributed by atoms with van der Waals surface area (Å²) in [5, 5.41) is 24.9. The van der Waals surface area contributed by atoms with E-state index in [2.05, 4.69) is 15.0 Å². The molecule has 0 fully saturated rings. The molecule has 0 atom stereocenters. The highest BCUT2D eigenvalue weighted by molar-refractivity contribution is 7.11. The molecule has 0 aliphatic carbocycles. The van der Waals surface area contributed by atoms with Gasteiger partial charge in [-0.05, 0) is 67.8 Å². The molecule has 1 heterocycles. The van der Waals surface area contributed by atoms with E-state index in [0.29, 0.717) is 22.1 Å². The van der Waals surface area contributed by atoms with Gasteiger partial charge in [0.05, 0.1) is 5.02 Å². The number of hydrogen-bond donors (Lipinski definition) is 4. The number of aromatic nitrogens is 1. The van der Waals surface area contributed by atoms with Crippen molar-refractivity contribution in [2.45, 2.75) is 19.9 Å². The lowest BCUT2D eigenvalue weighted by atomic mass is 10.2. The summed E-state index contributed by atoms with van der Waals surface area (Å²) in [4.78, 5) is 0. The Balaban J connectivity index is 1.74. The van der Waals surface area contributed by atoms with E-state index in [1.807, 2.05) is 13.8 Å². The van der Waals surface area contributed by atoms with Crippen LogP contribution in [0.15, 0.2) is 42.5 Å². The zero-order chi connectivity index (χ0) is 20.3. The first-order valence-corrected chi connectivity index (χ1v) is 9.52. The van der Waals surface area contributed by atoms with Crippen LogP contribution in [0, 0.1) is 11.2 Å². The number of anilines is 2. The lowest BCUT2D eigenvalue weighted by Crippen LogP contribution is -2.30. The Hall–Kier alpha value is -2.84. The zero-order valence-corrected chi connectivity index (χ0v) is 16.7. The first-order valence-electron chi connectivity index (χ1n) is 8.37. The second kappa shape index (κ2) is 8.45. The van der Waals surface area contributed by atoms with Crippen LogP contribution in [-0.4, -0.2) is 21.4 Å². The van der Waals surface area contributed by atoms with Gasteiger partial charge in [0.15, 0.2) is 0 Å². The van der Waals surface area contributed by atoms with Crippen LogP contribution >= 0.6 is 23.1 Å². The predicted octanol–water partition coefficient (Wildman–Crippen LogP) is 5.50. The van der Waals surface area contributed by atoms with E-state index >= 15 is 0 Å². The molecule has 9 heteroatoms. The summed E-state index contributed by atoms with van der Waals surface area (Å²) < 4.78 is 22.7. The molecule has 1 aromatic heterocycles. The van der Waals surface area contributed by atoms with E-state index in [4.69, 9.17) is 21.7 Å². The maximum Gasteiger partial charge on any atom is 0.236 e. The minimum atomic E-state index is -0.432. The lowest BCUT2D eigenvalue weighted by Gasteiger charge is -2.13. The maximum absolute atomic E-state index is 13.1. The molecule has 2 aromatic carbocycles. The molecular formula is C19H18ClFN4O2S. The van der Waals surface area contributed by atoms with Crippen LogP contribution in [-0.2, 0) is 0 Å². The Morgan fingerprint density at radius 1 is 1.25 bits per heavy atom. The second-order valence-corrected chi connectivity index (χ2v) is 7.39. The van der Waals surface area contributed by atoms with Crippen molar-refractivity contribution in [1.29, 1.82) is 5.41 Å². The molecule has 0 saturated heterocycles. The number of halogens is 2. The summed E-state index contributed by atoms with van der Waals surface area (Å²) in [7, 11) is 0. The summed E-state index contributed by atoms with van der Waals surface area (Å²) in [5.41, 5.74) is 1.04. The number of aromatic hydroxyl groups is 1. The van der Waals surface area contributed by atoms with E-state index in [1.54, 1.807) is 24.3 Å². The van der Waals surface area contributed by atoms with Crippen molar-refractivity contribution < 1.29 is 14.2 Å².